The third kappa shape index (κ3) is 5.30. The predicted octanol–water partition coefficient (Wildman–Crippen LogP) is 4.51. The highest BCUT2D eigenvalue weighted by Gasteiger charge is 2.36. The molecule has 3 rings (SSSR count). The van der Waals surface area contributed by atoms with Gasteiger partial charge < -0.3 is 4.74 Å². The Morgan fingerprint density at radius 2 is 1.69 bits per heavy atom. The van der Waals surface area contributed by atoms with Crippen LogP contribution >= 0.6 is 0 Å². The maximum atomic E-state index is 13.1. The zero-order valence-electron chi connectivity index (χ0n) is 14.7. The number of benzene rings is 2. The van der Waals surface area contributed by atoms with Gasteiger partial charge in [-0.2, -0.15) is 13.2 Å². The van der Waals surface area contributed by atoms with Crippen LogP contribution in [0.25, 0.3) is 0 Å². The molecule has 0 aliphatic heterocycles. The zero-order chi connectivity index (χ0) is 21.1. The van der Waals surface area contributed by atoms with Gasteiger partial charge in [-0.3, -0.25) is 0 Å². The van der Waals surface area contributed by atoms with Gasteiger partial charge in [-0.1, -0.05) is 12.1 Å². The number of nitrogens with zero attached hydrogens (tertiary/aromatic N) is 1. The van der Waals surface area contributed by atoms with E-state index < -0.39 is 32.5 Å². The van der Waals surface area contributed by atoms with Crippen molar-refractivity contribution in [2.24, 2.45) is 0 Å². The van der Waals surface area contributed by atoms with E-state index in [0.29, 0.717) is 17.4 Å². The van der Waals surface area contributed by atoms with E-state index in [0.717, 1.165) is 12.1 Å². The summed E-state index contributed by atoms with van der Waals surface area (Å²) in [6.07, 6.45) is -3.45. The number of alkyl halides is 3. The number of ether oxygens (including phenoxy) is 1. The summed E-state index contributed by atoms with van der Waals surface area (Å²) < 4.78 is 84.6. The largest absolute Gasteiger partial charge is 0.439 e. The van der Waals surface area contributed by atoms with Crippen LogP contribution in [0.5, 0.6) is 11.6 Å². The first-order valence-electron chi connectivity index (χ1n) is 8.19. The lowest BCUT2D eigenvalue weighted by Crippen LogP contribution is -2.26. The van der Waals surface area contributed by atoms with E-state index in [-0.39, 0.29) is 12.4 Å². The Morgan fingerprint density at radius 1 is 1.00 bits per heavy atom. The molecule has 1 N–H and O–H groups in total. The standard InChI is InChI=1S/C19H14F4N2O3S/c20-14-5-7-15(8-6-14)28-18-11-13(9-10-24-18)12-25-29(26,27)17-4-2-1-3-16(17)19(21,22)23/h1-11,25H,12H2. The van der Waals surface area contributed by atoms with Gasteiger partial charge in [-0.15, -0.1) is 0 Å². The van der Waals surface area contributed by atoms with Crippen molar-refractivity contribution >= 4 is 10.0 Å². The van der Waals surface area contributed by atoms with Crippen molar-refractivity contribution in [2.75, 3.05) is 0 Å². The molecule has 0 unspecified atom stereocenters. The minimum absolute atomic E-state index is 0.115. The van der Waals surface area contributed by atoms with Gasteiger partial charge in [0.15, 0.2) is 0 Å². The van der Waals surface area contributed by atoms with E-state index >= 15 is 0 Å². The zero-order valence-corrected chi connectivity index (χ0v) is 15.5. The van der Waals surface area contributed by atoms with E-state index in [4.69, 9.17) is 4.74 Å². The summed E-state index contributed by atoms with van der Waals surface area (Å²) in [6, 6.07) is 12.0. The van der Waals surface area contributed by atoms with Crippen LogP contribution in [0.2, 0.25) is 0 Å². The Morgan fingerprint density at radius 3 is 2.38 bits per heavy atom. The van der Waals surface area contributed by atoms with Gasteiger partial charge in [0.2, 0.25) is 15.9 Å². The molecule has 0 radical (unpaired) electrons. The van der Waals surface area contributed by atoms with E-state index in [1.807, 2.05) is 0 Å². The van der Waals surface area contributed by atoms with Gasteiger partial charge in [0, 0.05) is 18.8 Å². The Bertz CT molecular complexity index is 1100. The normalized spacial score (nSPS) is 12.0. The van der Waals surface area contributed by atoms with Crippen LogP contribution in [0, 0.1) is 5.82 Å². The topological polar surface area (TPSA) is 68.3 Å². The Kier molecular flexibility index (Phi) is 5.85. The molecule has 0 saturated carbocycles. The maximum absolute atomic E-state index is 13.1. The number of hydrogen-bond acceptors (Lipinski definition) is 4. The molecular weight excluding hydrogens is 412 g/mol. The summed E-state index contributed by atoms with van der Waals surface area (Å²) >= 11 is 0. The molecule has 3 aromatic rings. The number of nitrogens with one attached hydrogen (secondary N) is 1. The molecule has 0 bridgehead atoms. The summed E-state index contributed by atoms with van der Waals surface area (Å²) in [5, 5.41) is 0. The van der Waals surface area contributed by atoms with Crippen molar-refractivity contribution in [3.05, 3.63) is 83.8 Å². The lowest BCUT2D eigenvalue weighted by Gasteiger charge is -2.14. The summed E-state index contributed by atoms with van der Waals surface area (Å²) in [5.74, 6) is -0.00709. The molecule has 5 nitrogen and oxygen atoms in total. The highest BCUT2D eigenvalue weighted by atomic mass is 32.2. The minimum atomic E-state index is -4.81. The summed E-state index contributed by atoms with van der Waals surface area (Å²) in [4.78, 5) is 3.11. The second-order valence-corrected chi connectivity index (χ2v) is 7.61. The number of hydrogen-bond donors (Lipinski definition) is 1. The molecule has 0 atom stereocenters. The summed E-state index contributed by atoms with van der Waals surface area (Å²) in [5.41, 5.74) is -0.840. The van der Waals surface area contributed by atoms with Crippen LogP contribution in [0.3, 0.4) is 0 Å². The highest BCUT2D eigenvalue weighted by Crippen LogP contribution is 2.34. The van der Waals surface area contributed by atoms with Gasteiger partial charge in [0.1, 0.15) is 11.6 Å². The van der Waals surface area contributed by atoms with E-state index in [1.54, 1.807) is 0 Å². The molecular formula is C19H14F4N2O3S. The second kappa shape index (κ2) is 8.18. The van der Waals surface area contributed by atoms with Crippen LogP contribution in [0.1, 0.15) is 11.1 Å². The van der Waals surface area contributed by atoms with Crippen molar-refractivity contribution in [1.29, 1.82) is 0 Å². The van der Waals surface area contributed by atoms with Crippen molar-refractivity contribution in [2.45, 2.75) is 17.6 Å². The Labute approximate surface area is 164 Å². The molecule has 0 aliphatic carbocycles. The molecule has 1 heterocycles. The lowest BCUT2D eigenvalue weighted by molar-refractivity contribution is -0.139. The third-order valence-electron chi connectivity index (χ3n) is 3.78. The first kappa shape index (κ1) is 20.7. The predicted molar refractivity (Wildman–Crippen MR) is 96.2 cm³/mol. The molecule has 0 saturated heterocycles. The average molecular weight is 426 g/mol. The SMILES string of the molecule is O=S(=O)(NCc1ccnc(Oc2ccc(F)cc2)c1)c1ccccc1C(F)(F)F. The molecule has 0 spiro atoms. The summed E-state index contributed by atoms with van der Waals surface area (Å²) in [7, 11) is -4.42. The molecule has 10 heteroatoms. The molecule has 0 fully saturated rings. The number of sulfonamides is 1. The van der Waals surface area contributed by atoms with Crippen molar-refractivity contribution in [3.63, 3.8) is 0 Å². The van der Waals surface area contributed by atoms with Crippen LogP contribution in [-0.4, -0.2) is 13.4 Å². The minimum Gasteiger partial charge on any atom is -0.439 e. The number of pyridine rings is 1. The van der Waals surface area contributed by atoms with Crippen molar-refractivity contribution in [1.82, 2.24) is 9.71 Å². The molecule has 152 valence electrons. The van der Waals surface area contributed by atoms with Crippen LogP contribution in [-0.2, 0) is 22.7 Å². The van der Waals surface area contributed by atoms with E-state index in [2.05, 4.69) is 9.71 Å². The Hall–Kier alpha value is -2.98. The fourth-order valence-corrected chi connectivity index (χ4v) is 3.67. The average Bonchev–Trinajstić information content (AvgIpc) is 2.68. The van der Waals surface area contributed by atoms with E-state index in [1.165, 1.54) is 48.7 Å². The Balaban J connectivity index is 1.75. The first-order valence-corrected chi connectivity index (χ1v) is 9.68. The monoisotopic (exact) mass is 426 g/mol. The lowest BCUT2D eigenvalue weighted by atomic mass is 10.2. The molecule has 0 aliphatic rings. The quantitative estimate of drug-likeness (QED) is 0.589. The molecule has 0 amide bonds. The maximum Gasteiger partial charge on any atom is 0.417 e. The fourth-order valence-electron chi connectivity index (χ4n) is 2.43. The second-order valence-electron chi connectivity index (χ2n) is 5.88. The highest BCUT2D eigenvalue weighted by molar-refractivity contribution is 7.89. The van der Waals surface area contributed by atoms with Gasteiger partial charge in [0.05, 0.1) is 10.5 Å². The van der Waals surface area contributed by atoms with Crippen LogP contribution in [0.15, 0.2) is 71.8 Å². The van der Waals surface area contributed by atoms with Crippen LogP contribution in [0.4, 0.5) is 17.6 Å². The summed E-state index contributed by atoms with van der Waals surface area (Å²) in [6.45, 7) is -0.281. The number of halogens is 4. The van der Waals surface area contributed by atoms with Crippen LogP contribution < -0.4 is 9.46 Å². The number of rotatable bonds is 6. The van der Waals surface area contributed by atoms with Gasteiger partial charge in [0.25, 0.3) is 0 Å². The number of aromatic nitrogens is 1. The van der Waals surface area contributed by atoms with Crippen molar-refractivity contribution < 1.29 is 30.7 Å². The van der Waals surface area contributed by atoms with Gasteiger partial charge in [-0.05, 0) is 48.0 Å². The van der Waals surface area contributed by atoms with Crippen molar-refractivity contribution in [3.8, 4) is 11.6 Å². The third-order valence-corrected chi connectivity index (χ3v) is 5.24. The molecule has 1 aromatic heterocycles. The first-order chi connectivity index (χ1) is 13.6. The van der Waals surface area contributed by atoms with Gasteiger partial charge in [-0.25, -0.2) is 22.5 Å². The van der Waals surface area contributed by atoms with E-state index in [9.17, 15) is 26.0 Å². The smallest absolute Gasteiger partial charge is 0.417 e. The fraction of sp³-hybridized carbons (Fsp3) is 0.105. The van der Waals surface area contributed by atoms with Gasteiger partial charge >= 0.3 is 6.18 Å². The molecule has 2 aromatic carbocycles. The molecule has 29 heavy (non-hydrogen) atoms.